The van der Waals surface area contributed by atoms with Crippen molar-refractivity contribution in [2.45, 2.75) is 26.4 Å². The van der Waals surface area contributed by atoms with E-state index in [9.17, 15) is 14.7 Å². The Morgan fingerprint density at radius 3 is 2.71 bits per heavy atom. The second-order valence-corrected chi connectivity index (χ2v) is 8.18. The Labute approximate surface area is 196 Å². The van der Waals surface area contributed by atoms with Crippen molar-refractivity contribution in [3.05, 3.63) is 95.1 Å². The van der Waals surface area contributed by atoms with Crippen LogP contribution in [-0.4, -0.2) is 33.3 Å². The van der Waals surface area contributed by atoms with E-state index in [-0.39, 0.29) is 17.9 Å². The average molecular weight is 456 g/mol. The number of H-pyrrole nitrogens is 1. The van der Waals surface area contributed by atoms with E-state index in [1.165, 1.54) is 11.2 Å². The number of amides is 1. The predicted octanol–water partition coefficient (Wildman–Crippen LogP) is 5.09. The van der Waals surface area contributed by atoms with Gasteiger partial charge >= 0.3 is 0 Å². The summed E-state index contributed by atoms with van der Waals surface area (Å²) in [4.78, 5) is 31.4. The van der Waals surface area contributed by atoms with E-state index in [1.807, 2.05) is 38.1 Å². The van der Waals surface area contributed by atoms with Gasteiger partial charge in [-0.25, -0.2) is 0 Å². The highest BCUT2D eigenvalue weighted by molar-refractivity contribution is 6.46. The fourth-order valence-corrected chi connectivity index (χ4v) is 4.62. The number of carbonyl (C=O) groups excluding carboxylic acids is 2. The van der Waals surface area contributed by atoms with Crippen molar-refractivity contribution in [1.29, 1.82) is 0 Å². The first-order chi connectivity index (χ1) is 16.5. The van der Waals surface area contributed by atoms with Gasteiger partial charge in [0.2, 0.25) is 0 Å². The van der Waals surface area contributed by atoms with E-state index >= 15 is 0 Å². The molecule has 2 aromatic heterocycles. The number of hydrogen-bond donors (Lipinski definition) is 2. The number of benzene rings is 2. The third kappa shape index (κ3) is 3.55. The molecular weight excluding hydrogens is 432 g/mol. The Morgan fingerprint density at radius 2 is 1.94 bits per heavy atom. The van der Waals surface area contributed by atoms with E-state index in [0.29, 0.717) is 23.7 Å². The van der Waals surface area contributed by atoms with Crippen molar-refractivity contribution in [3.8, 4) is 5.75 Å². The summed E-state index contributed by atoms with van der Waals surface area (Å²) < 4.78 is 11.0. The summed E-state index contributed by atoms with van der Waals surface area (Å²) in [6, 6.07) is 17.3. The van der Waals surface area contributed by atoms with E-state index < -0.39 is 17.7 Å². The summed E-state index contributed by atoms with van der Waals surface area (Å²) in [7, 11) is 0. The van der Waals surface area contributed by atoms with Crippen molar-refractivity contribution in [2.75, 3.05) is 6.61 Å². The topological polar surface area (TPSA) is 95.8 Å². The molecule has 3 heterocycles. The van der Waals surface area contributed by atoms with Gasteiger partial charge in [-0.2, -0.15) is 0 Å². The highest BCUT2D eigenvalue weighted by Gasteiger charge is 2.47. The first kappa shape index (κ1) is 21.6. The molecule has 7 nitrogen and oxygen atoms in total. The molecule has 0 spiro atoms. The Bertz CT molecular complexity index is 1410. The quantitative estimate of drug-likeness (QED) is 0.239. The lowest BCUT2D eigenvalue weighted by molar-refractivity contribution is -0.140. The van der Waals surface area contributed by atoms with E-state index in [2.05, 4.69) is 4.98 Å². The highest BCUT2D eigenvalue weighted by atomic mass is 16.5. The van der Waals surface area contributed by atoms with Crippen LogP contribution in [0.1, 0.15) is 35.5 Å². The van der Waals surface area contributed by atoms with E-state index in [1.54, 1.807) is 36.4 Å². The molecule has 1 aliphatic heterocycles. The third-order valence-corrected chi connectivity index (χ3v) is 6.08. The molecule has 1 unspecified atom stereocenters. The molecule has 172 valence electrons. The van der Waals surface area contributed by atoms with Gasteiger partial charge in [0.05, 0.1) is 31.0 Å². The summed E-state index contributed by atoms with van der Waals surface area (Å²) in [5.74, 6) is -0.551. The van der Waals surface area contributed by atoms with Crippen molar-refractivity contribution in [3.63, 3.8) is 0 Å². The van der Waals surface area contributed by atoms with E-state index in [4.69, 9.17) is 9.15 Å². The molecule has 1 saturated heterocycles. The highest BCUT2D eigenvalue weighted by Crippen LogP contribution is 2.44. The van der Waals surface area contributed by atoms with Gasteiger partial charge in [0.25, 0.3) is 11.7 Å². The summed E-state index contributed by atoms with van der Waals surface area (Å²) >= 11 is 0. The summed E-state index contributed by atoms with van der Waals surface area (Å²) in [6.07, 6.45) is 1.52. The minimum Gasteiger partial charge on any atom is -0.507 e. The van der Waals surface area contributed by atoms with Crippen LogP contribution in [0, 0.1) is 6.92 Å². The van der Waals surface area contributed by atoms with Gasteiger partial charge in [-0.1, -0.05) is 30.3 Å². The number of Topliss-reactive ketones (excluding diaryl/α,β-unsaturated/α-hetero) is 1. The second kappa shape index (κ2) is 8.59. The summed E-state index contributed by atoms with van der Waals surface area (Å²) in [5.41, 5.74) is 2.91. The molecule has 1 fully saturated rings. The number of likely N-dealkylation sites (tertiary alicyclic amines) is 1. The molecule has 2 aromatic carbocycles. The molecule has 0 aliphatic carbocycles. The minimum atomic E-state index is -0.794. The summed E-state index contributed by atoms with van der Waals surface area (Å²) in [5, 5.41) is 12.2. The molecule has 7 heteroatoms. The Kier molecular flexibility index (Phi) is 5.45. The number of rotatable bonds is 6. The van der Waals surface area contributed by atoms with Crippen molar-refractivity contribution in [1.82, 2.24) is 9.88 Å². The summed E-state index contributed by atoms with van der Waals surface area (Å²) in [6.45, 7) is 4.33. The Morgan fingerprint density at radius 1 is 1.12 bits per heavy atom. The van der Waals surface area contributed by atoms with Crippen molar-refractivity contribution < 1.29 is 23.8 Å². The largest absolute Gasteiger partial charge is 0.507 e. The number of para-hydroxylation sites is 1. The Hall–Kier alpha value is -4.26. The zero-order valence-electron chi connectivity index (χ0n) is 18.9. The number of nitrogens with one attached hydrogen (secondary N) is 1. The first-order valence-electron chi connectivity index (χ1n) is 11.1. The van der Waals surface area contributed by atoms with Crippen LogP contribution in [0.25, 0.3) is 16.7 Å². The molecule has 2 N–H and O–H groups in total. The van der Waals surface area contributed by atoms with Gasteiger partial charge in [-0.05, 0) is 44.2 Å². The smallest absolute Gasteiger partial charge is 0.296 e. The number of ether oxygens (including phenoxy) is 1. The number of aromatic nitrogens is 1. The fourth-order valence-electron chi connectivity index (χ4n) is 4.62. The average Bonchev–Trinajstić information content (AvgIpc) is 3.52. The second-order valence-electron chi connectivity index (χ2n) is 8.18. The fraction of sp³-hybridized carbons (Fsp3) is 0.185. The zero-order chi connectivity index (χ0) is 23.8. The SMILES string of the molecule is CCOc1cccc(/C(O)=C2\C(=O)C(=O)N(Cc3ccco3)C2c2c(C)[nH]c3ccccc23)c1. The molecule has 1 aliphatic rings. The number of ketones is 1. The first-order valence-corrected chi connectivity index (χ1v) is 11.1. The standard InChI is InChI=1S/C27H24N2O5/c1-3-33-18-9-6-8-17(14-18)25(30)23-24(22-16(2)28-21-12-5-4-11-20(21)22)29(27(32)26(23)31)15-19-10-7-13-34-19/h4-14,24,28,30H,3,15H2,1-2H3/b25-23+. The molecule has 1 amide bonds. The predicted molar refractivity (Wildman–Crippen MR) is 127 cm³/mol. The zero-order valence-corrected chi connectivity index (χ0v) is 18.9. The van der Waals surface area contributed by atoms with Crippen LogP contribution in [0.3, 0.4) is 0 Å². The maximum atomic E-state index is 13.3. The lowest BCUT2D eigenvalue weighted by Gasteiger charge is -2.25. The van der Waals surface area contributed by atoms with Crippen LogP contribution < -0.4 is 4.74 Å². The van der Waals surface area contributed by atoms with Crippen LogP contribution in [0.4, 0.5) is 0 Å². The van der Waals surface area contributed by atoms with Gasteiger partial charge in [0.15, 0.2) is 0 Å². The molecule has 1 atom stereocenters. The van der Waals surface area contributed by atoms with Gasteiger partial charge in [0, 0.05) is 27.7 Å². The van der Waals surface area contributed by atoms with Gasteiger partial charge in [-0.15, -0.1) is 0 Å². The van der Waals surface area contributed by atoms with Crippen LogP contribution in [-0.2, 0) is 16.1 Å². The maximum Gasteiger partial charge on any atom is 0.296 e. The number of aryl methyl sites for hydroxylation is 1. The van der Waals surface area contributed by atoms with Gasteiger partial charge < -0.3 is 24.1 Å². The van der Waals surface area contributed by atoms with Crippen LogP contribution >= 0.6 is 0 Å². The van der Waals surface area contributed by atoms with Crippen molar-refractivity contribution >= 4 is 28.4 Å². The number of furan rings is 1. The van der Waals surface area contributed by atoms with Gasteiger partial charge in [0.1, 0.15) is 17.3 Å². The lowest BCUT2D eigenvalue weighted by Crippen LogP contribution is -2.29. The molecular formula is C27H24N2O5. The van der Waals surface area contributed by atoms with Gasteiger partial charge in [-0.3, -0.25) is 9.59 Å². The number of carbonyl (C=O) groups is 2. The number of fused-ring (bicyclic) bond motifs is 1. The normalized spacial score (nSPS) is 17.6. The molecule has 0 bridgehead atoms. The van der Waals surface area contributed by atoms with Crippen LogP contribution in [0.2, 0.25) is 0 Å². The number of nitrogens with zero attached hydrogens (tertiary/aromatic N) is 1. The number of aromatic amines is 1. The number of hydrogen-bond acceptors (Lipinski definition) is 5. The third-order valence-electron chi connectivity index (χ3n) is 6.08. The lowest BCUT2D eigenvalue weighted by atomic mass is 9.93. The van der Waals surface area contributed by atoms with Crippen LogP contribution in [0.5, 0.6) is 5.75 Å². The molecule has 34 heavy (non-hydrogen) atoms. The molecule has 0 radical (unpaired) electrons. The maximum absolute atomic E-state index is 13.3. The molecule has 0 saturated carbocycles. The number of aliphatic hydroxyl groups excluding tert-OH is 1. The molecule has 4 aromatic rings. The molecule has 5 rings (SSSR count). The van der Waals surface area contributed by atoms with Crippen molar-refractivity contribution in [2.24, 2.45) is 0 Å². The number of aliphatic hydroxyl groups is 1. The monoisotopic (exact) mass is 456 g/mol. The minimum absolute atomic E-state index is 0.0399. The Balaban J connectivity index is 1.73. The van der Waals surface area contributed by atoms with Crippen LogP contribution in [0.15, 0.2) is 76.9 Å². The van der Waals surface area contributed by atoms with E-state index in [0.717, 1.165) is 22.2 Å².